The number of thiophene rings is 1. The molecular weight excluding hydrogens is 312 g/mol. The van der Waals surface area contributed by atoms with E-state index < -0.39 is 6.10 Å². The van der Waals surface area contributed by atoms with Crippen LogP contribution in [0.2, 0.25) is 0 Å². The summed E-state index contributed by atoms with van der Waals surface area (Å²) in [6.45, 7) is 2.38. The molecule has 2 aromatic rings. The van der Waals surface area contributed by atoms with E-state index in [1.54, 1.807) is 31.5 Å². The summed E-state index contributed by atoms with van der Waals surface area (Å²) in [7, 11) is 1.74. The minimum Gasteiger partial charge on any atom is -0.388 e. The van der Waals surface area contributed by atoms with Crippen molar-refractivity contribution in [2.24, 2.45) is 7.05 Å². The molecule has 7 heteroatoms. The zero-order valence-corrected chi connectivity index (χ0v) is 14.3. The Kier molecular flexibility index (Phi) is 4.50. The Morgan fingerprint density at radius 1 is 1.48 bits per heavy atom. The molecule has 0 unspecified atom stereocenters. The highest BCUT2D eigenvalue weighted by Gasteiger charge is 2.37. The number of rotatable bonds is 5. The summed E-state index contributed by atoms with van der Waals surface area (Å²) in [5, 5.41) is 20.4. The number of carbonyl (C=O) groups excluding carboxylic acids is 1. The van der Waals surface area contributed by atoms with Crippen LogP contribution < -0.4 is 5.32 Å². The second-order valence-corrected chi connectivity index (χ2v) is 7.44. The third-order valence-electron chi connectivity index (χ3n) is 4.54. The number of amides is 1. The van der Waals surface area contributed by atoms with E-state index in [-0.39, 0.29) is 11.3 Å². The molecule has 1 saturated carbocycles. The minimum absolute atomic E-state index is 0.0182. The molecule has 23 heavy (non-hydrogen) atoms. The van der Waals surface area contributed by atoms with Gasteiger partial charge in [0.05, 0.1) is 12.3 Å². The second-order valence-electron chi connectivity index (χ2n) is 6.33. The van der Waals surface area contributed by atoms with Crippen molar-refractivity contribution in [3.05, 3.63) is 33.8 Å². The quantitative estimate of drug-likeness (QED) is 0.878. The molecule has 1 atom stereocenters. The van der Waals surface area contributed by atoms with Crippen molar-refractivity contribution in [2.45, 2.75) is 44.1 Å². The van der Waals surface area contributed by atoms with Crippen molar-refractivity contribution in [2.75, 3.05) is 6.54 Å². The molecule has 0 saturated heterocycles. The molecule has 6 nitrogen and oxygen atoms in total. The van der Waals surface area contributed by atoms with Gasteiger partial charge >= 0.3 is 0 Å². The minimum atomic E-state index is -0.443. The van der Waals surface area contributed by atoms with Gasteiger partial charge in [-0.05, 0) is 31.9 Å². The van der Waals surface area contributed by atoms with Gasteiger partial charge in [0, 0.05) is 28.8 Å². The lowest BCUT2D eigenvalue weighted by molar-refractivity contribution is 0.0938. The topological polar surface area (TPSA) is 80.0 Å². The lowest BCUT2D eigenvalue weighted by Crippen LogP contribution is -2.38. The zero-order valence-electron chi connectivity index (χ0n) is 13.5. The molecule has 2 N–H and O–H groups in total. The Balaban J connectivity index is 1.74. The van der Waals surface area contributed by atoms with Crippen molar-refractivity contribution in [1.82, 2.24) is 20.3 Å². The molecule has 124 valence electrons. The number of carbonyl (C=O) groups is 1. The van der Waals surface area contributed by atoms with Gasteiger partial charge in [0.1, 0.15) is 0 Å². The average Bonchev–Trinajstić information content (AvgIpc) is 3.25. The van der Waals surface area contributed by atoms with Crippen LogP contribution in [0.5, 0.6) is 0 Å². The van der Waals surface area contributed by atoms with Crippen LogP contribution in [0.3, 0.4) is 0 Å². The predicted molar refractivity (Wildman–Crippen MR) is 88.4 cm³/mol. The summed E-state index contributed by atoms with van der Waals surface area (Å²) >= 11 is 1.66. The van der Waals surface area contributed by atoms with Crippen molar-refractivity contribution in [1.29, 1.82) is 0 Å². The van der Waals surface area contributed by atoms with Gasteiger partial charge < -0.3 is 10.4 Å². The number of aliphatic hydroxyl groups is 1. The predicted octanol–water partition coefficient (Wildman–Crippen LogP) is 2.17. The largest absolute Gasteiger partial charge is 0.388 e. The van der Waals surface area contributed by atoms with Gasteiger partial charge in [-0.3, -0.25) is 9.48 Å². The summed E-state index contributed by atoms with van der Waals surface area (Å²) in [6.07, 6.45) is 5.64. The van der Waals surface area contributed by atoms with E-state index in [4.69, 9.17) is 0 Å². The molecule has 1 aliphatic rings. The number of aromatic nitrogens is 3. The first kappa shape index (κ1) is 16.1. The van der Waals surface area contributed by atoms with Crippen LogP contribution in [-0.2, 0) is 12.5 Å². The molecule has 0 aliphatic heterocycles. The van der Waals surface area contributed by atoms with E-state index in [9.17, 15) is 9.90 Å². The van der Waals surface area contributed by atoms with Crippen molar-refractivity contribution >= 4 is 17.2 Å². The third kappa shape index (κ3) is 3.30. The lowest BCUT2D eigenvalue weighted by atomic mass is 9.84. The van der Waals surface area contributed by atoms with E-state index in [1.807, 2.05) is 6.07 Å². The molecule has 0 spiro atoms. The fourth-order valence-electron chi connectivity index (χ4n) is 3.22. The molecule has 1 aliphatic carbocycles. The van der Waals surface area contributed by atoms with Crippen LogP contribution in [0, 0.1) is 0 Å². The highest BCUT2D eigenvalue weighted by Crippen LogP contribution is 2.44. The standard InChI is InChI=1S/C16H22N4O2S/c1-11(21)13-5-6-14(23-13)16(7-3-4-8-16)10-17-15(22)12-9-20(2)19-18-12/h5-6,9,11,21H,3-4,7-8,10H2,1-2H3,(H,17,22)/t11-/m1/s1. The number of aliphatic hydroxyl groups excluding tert-OH is 1. The third-order valence-corrected chi connectivity index (χ3v) is 6.05. The van der Waals surface area contributed by atoms with E-state index in [1.165, 1.54) is 22.4 Å². The normalized spacial score (nSPS) is 18.0. The van der Waals surface area contributed by atoms with Gasteiger partial charge in [-0.25, -0.2) is 0 Å². The molecule has 1 amide bonds. The first-order valence-corrected chi connectivity index (χ1v) is 8.75. The van der Waals surface area contributed by atoms with Gasteiger partial charge in [0.15, 0.2) is 5.69 Å². The molecule has 0 aromatic carbocycles. The number of nitrogens with zero attached hydrogens (tertiary/aromatic N) is 3. The number of nitrogens with one attached hydrogen (secondary N) is 1. The van der Waals surface area contributed by atoms with Crippen LogP contribution >= 0.6 is 11.3 Å². The van der Waals surface area contributed by atoms with Crippen LogP contribution in [0.1, 0.15) is 59.0 Å². The second kappa shape index (κ2) is 6.41. The Labute approximate surface area is 139 Å². The average molecular weight is 334 g/mol. The molecule has 3 rings (SSSR count). The summed E-state index contributed by atoms with van der Waals surface area (Å²) in [6, 6.07) is 4.10. The Morgan fingerprint density at radius 3 is 2.78 bits per heavy atom. The summed E-state index contributed by atoms with van der Waals surface area (Å²) < 4.78 is 1.52. The fourth-order valence-corrected chi connectivity index (χ4v) is 4.41. The van der Waals surface area contributed by atoms with Crippen LogP contribution in [0.4, 0.5) is 0 Å². The van der Waals surface area contributed by atoms with Crippen molar-refractivity contribution in [3.8, 4) is 0 Å². The van der Waals surface area contributed by atoms with E-state index >= 15 is 0 Å². The van der Waals surface area contributed by atoms with Gasteiger partial charge in [-0.1, -0.05) is 18.1 Å². The first-order valence-electron chi connectivity index (χ1n) is 7.93. The van der Waals surface area contributed by atoms with Crippen LogP contribution in [0.25, 0.3) is 0 Å². The summed E-state index contributed by atoms with van der Waals surface area (Å²) in [5.41, 5.74) is 0.326. The molecule has 0 bridgehead atoms. The summed E-state index contributed by atoms with van der Waals surface area (Å²) in [5.74, 6) is -0.184. The highest BCUT2D eigenvalue weighted by molar-refractivity contribution is 7.12. The Morgan fingerprint density at radius 2 is 2.22 bits per heavy atom. The zero-order chi connectivity index (χ0) is 16.4. The van der Waals surface area contributed by atoms with E-state index in [2.05, 4.69) is 21.7 Å². The van der Waals surface area contributed by atoms with Gasteiger partial charge in [0.25, 0.3) is 5.91 Å². The van der Waals surface area contributed by atoms with Crippen molar-refractivity contribution < 1.29 is 9.90 Å². The monoisotopic (exact) mass is 334 g/mol. The molecule has 2 aromatic heterocycles. The number of hydrogen-bond donors (Lipinski definition) is 2. The molecule has 1 fully saturated rings. The number of hydrogen-bond acceptors (Lipinski definition) is 5. The maximum atomic E-state index is 12.2. The van der Waals surface area contributed by atoms with Crippen molar-refractivity contribution in [3.63, 3.8) is 0 Å². The molecule has 2 heterocycles. The highest BCUT2D eigenvalue weighted by atomic mass is 32.1. The van der Waals surface area contributed by atoms with E-state index in [0.29, 0.717) is 12.2 Å². The van der Waals surface area contributed by atoms with Crippen LogP contribution in [-0.4, -0.2) is 32.6 Å². The summed E-state index contributed by atoms with van der Waals surface area (Å²) in [4.78, 5) is 14.5. The first-order chi connectivity index (χ1) is 11.0. The Hall–Kier alpha value is -1.73. The van der Waals surface area contributed by atoms with Gasteiger partial charge in [-0.15, -0.1) is 16.4 Å². The maximum Gasteiger partial charge on any atom is 0.273 e. The SMILES string of the molecule is C[C@@H](O)c1ccc(C2(CNC(=O)c3cn(C)nn3)CCCC2)s1. The fraction of sp³-hybridized carbons (Fsp3) is 0.562. The lowest BCUT2D eigenvalue weighted by Gasteiger charge is -2.28. The van der Waals surface area contributed by atoms with E-state index in [0.717, 1.165) is 17.7 Å². The van der Waals surface area contributed by atoms with Crippen LogP contribution in [0.15, 0.2) is 18.3 Å². The van der Waals surface area contributed by atoms with Gasteiger partial charge in [-0.2, -0.15) is 0 Å². The van der Waals surface area contributed by atoms with Gasteiger partial charge in [0.2, 0.25) is 0 Å². The smallest absolute Gasteiger partial charge is 0.273 e. The maximum absolute atomic E-state index is 12.2. The molecular formula is C16H22N4O2S. The number of aryl methyl sites for hydroxylation is 1. The molecule has 0 radical (unpaired) electrons. The Bertz CT molecular complexity index is 686.